The lowest BCUT2D eigenvalue weighted by Gasteiger charge is -2.21. The van der Waals surface area contributed by atoms with Gasteiger partial charge in [0.2, 0.25) is 5.91 Å². The first-order chi connectivity index (χ1) is 8.09. The molecule has 1 aromatic rings. The fraction of sp³-hybridized carbons (Fsp3) is 0.462. The number of carbonyl (C=O) groups is 1. The highest BCUT2D eigenvalue weighted by atomic mass is 79.9. The van der Waals surface area contributed by atoms with E-state index in [1.807, 2.05) is 23.1 Å². The van der Waals surface area contributed by atoms with Gasteiger partial charge in [0.25, 0.3) is 0 Å². The molecular formula is C13H15BrClNO. The van der Waals surface area contributed by atoms with Crippen molar-refractivity contribution in [1.29, 1.82) is 0 Å². The number of hydrogen-bond donors (Lipinski definition) is 0. The number of benzene rings is 1. The zero-order valence-electron chi connectivity index (χ0n) is 9.75. The van der Waals surface area contributed by atoms with Gasteiger partial charge < -0.3 is 4.90 Å². The van der Waals surface area contributed by atoms with E-state index < -0.39 is 0 Å². The summed E-state index contributed by atoms with van der Waals surface area (Å²) >= 11 is 9.44. The van der Waals surface area contributed by atoms with Gasteiger partial charge in [0.1, 0.15) is 0 Å². The van der Waals surface area contributed by atoms with Crippen LogP contribution in [0.1, 0.15) is 25.3 Å². The second-order valence-corrected chi connectivity index (χ2v) is 5.67. The van der Waals surface area contributed by atoms with Crippen LogP contribution in [0.3, 0.4) is 0 Å². The Hall–Kier alpha value is -0.540. The molecule has 1 amide bonds. The molecule has 0 aromatic heterocycles. The van der Waals surface area contributed by atoms with E-state index in [9.17, 15) is 4.79 Å². The van der Waals surface area contributed by atoms with Crippen LogP contribution in [0.4, 0.5) is 0 Å². The summed E-state index contributed by atoms with van der Waals surface area (Å²) in [5, 5.41) is 0.657. The van der Waals surface area contributed by atoms with E-state index in [0.29, 0.717) is 17.5 Å². The van der Waals surface area contributed by atoms with E-state index in [4.69, 9.17) is 11.6 Å². The highest BCUT2D eigenvalue weighted by molar-refractivity contribution is 9.10. The molecule has 1 fully saturated rings. The number of rotatable bonds is 2. The number of hydrogen-bond acceptors (Lipinski definition) is 1. The van der Waals surface area contributed by atoms with E-state index in [1.165, 1.54) is 0 Å². The van der Waals surface area contributed by atoms with Crippen LogP contribution in [0.5, 0.6) is 0 Å². The van der Waals surface area contributed by atoms with Crippen LogP contribution >= 0.6 is 27.5 Å². The SMILES string of the molecule is CC1CCCN1C(=O)Cc1cccc(Cl)c1Br. The average Bonchev–Trinajstić information content (AvgIpc) is 2.71. The molecule has 1 atom stereocenters. The van der Waals surface area contributed by atoms with E-state index in [1.54, 1.807) is 0 Å². The molecule has 17 heavy (non-hydrogen) atoms. The maximum atomic E-state index is 12.2. The lowest BCUT2D eigenvalue weighted by Crippen LogP contribution is -2.34. The monoisotopic (exact) mass is 315 g/mol. The summed E-state index contributed by atoms with van der Waals surface area (Å²) in [5.41, 5.74) is 0.960. The Kier molecular flexibility index (Phi) is 4.10. The molecule has 4 heteroatoms. The van der Waals surface area contributed by atoms with E-state index >= 15 is 0 Å². The average molecular weight is 317 g/mol. The molecule has 1 aliphatic rings. The van der Waals surface area contributed by atoms with Crippen LogP contribution < -0.4 is 0 Å². The van der Waals surface area contributed by atoms with Gasteiger partial charge in [-0.15, -0.1) is 0 Å². The molecular weight excluding hydrogens is 302 g/mol. The van der Waals surface area contributed by atoms with Gasteiger partial charge in [0.15, 0.2) is 0 Å². The van der Waals surface area contributed by atoms with Crippen molar-refractivity contribution in [2.24, 2.45) is 0 Å². The number of nitrogens with zero attached hydrogens (tertiary/aromatic N) is 1. The Morgan fingerprint density at radius 3 is 3.00 bits per heavy atom. The molecule has 0 bridgehead atoms. The molecule has 0 N–H and O–H groups in total. The van der Waals surface area contributed by atoms with Crippen LogP contribution in [0.2, 0.25) is 5.02 Å². The van der Waals surface area contributed by atoms with Gasteiger partial charge in [0.05, 0.1) is 11.4 Å². The second-order valence-electron chi connectivity index (χ2n) is 4.47. The zero-order chi connectivity index (χ0) is 12.4. The fourth-order valence-corrected chi connectivity index (χ4v) is 2.85. The van der Waals surface area contributed by atoms with Crippen LogP contribution in [0, 0.1) is 0 Å². The quantitative estimate of drug-likeness (QED) is 0.815. The standard InChI is InChI=1S/C13H15BrClNO/c1-9-4-3-7-16(9)12(17)8-10-5-2-6-11(15)13(10)14/h2,5-6,9H,3-4,7-8H2,1H3. The largest absolute Gasteiger partial charge is 0.340 e. The minimum Gasteiger partial charge on any atom is -0.340 e. The molecule has 0 radical (unpaired) electrons. The summed E-state index contributed by atoms with van der Waals surface area (Å²) in [7, 11) is 0. The first-order valence-electron chi connectivity index (χ1n) is 5.82. The number of likely N-dealkylation sites (tertiary alicyclic amines) is 1. The van der Waals surface area contributed by atoms with E-state index in [-0.39, 0.29) is 5.91 Å². The molecule has 0 saturated carbocycles. The Bertz CT molecular complexity index is 435. The van der Waals surface area contributed by atoms with Crippen molar-refractivity contribution in [2.45, 2.75) is 32.2 Å². The van der Waals surface area contributed by atoms with Gasteiger partial charge >= 0.3 is 0 Å². The summed E-state index contributed by atoms with van der Waals surface area (Å²) in [6.07, 6.45) is 2.65. The van der Waals surface area contributed by atoms with Crippen molar-refractivity contribution in [2.75, 3.05) is 6.54 Å². The van der Waals surface area contributed by atoms with Gasteiger partial charge in [-0.25, -0.2) is 0 Å². The molecule has 2 nitrogen and oxygen atoms in total. The lowest BCUT2D eigenvalue weighted by atomic mass is 10.1. The maximum absolute atomic E-state index is 12.2. The maximum Gasteiger partial charge on any atom is 0.227 e. The molecule has 1 aromatic carbocycles. The first-order valence-corrected chi connectivity index (χ1v) is 6.99. The summed E-state index contributed by atoms with van der Waals surface area (Å²) in [6, 6.07) is 6.01. The minimum absolute atomic E-state index is 0.193. The van der Waals surface area contributed by atoms with Crippen molar-refractivity contribution < 1.29 is 4.79 Å². The smallest absolute Gasteiger partial charge is 0.227 e. The normalized spacial score (nSPS) is 19.7. The molecule has 0 spiro atoms. The molecule has 1 heterocycles. The van der Waals surface area contributed by atoms with Gasteiger partial charge in [0, 0.05) is 17.1 Å². The Morgan fingerprint density at radius 2 is 2.35 bits per heavy atom. The molecule has 1 saturated heterocycles. The van der Waals surface area contributed by atoms with Crippen LogP contribution in [-0.2, 0) is 11.2 Å². The lowest BCUT2D eigenvalue weighted by molar-refractivity contribution is -0.130. The Labute approximate surface area is 115 Å². The number of halogens is 2. The summed E-state index contributed by atoms with van der Waals surface area (Å²) in [4.78, 5) is 14.1. The third kappa shape index (κ3) is 2.83. The van der Waals surface area contributed by atoms with Gasteiger partial charge in [-0.05, 0) is 47.3 Å². The third-order valence-corrected chi connectivity index (χ3v) is 4.73. The highest BCUT2D eigenvalue weighted by Crippen LogP contribution is 2.27. The molecule has 2 rings (SSSR count). The number of amides is 1. The van der Waals surface area contributed by atoms with Crippen molar-refractivity contribution >= 4 is 33.4 Å². The van der Waals surface area contributed by atoms with Crippen LogP contribution in [0.25, 0.3) is 0 Å². The second kappa shape index (κ2) is 5.40. The van der Waals surface area contributed by atoms with Crippen molar-refractivity contribution in [3.63, 3.8) is 0 Å². The molecule has 1 aliphatic heterocycles. The van der Waals surface area contributed by atoms with Crippen LogP contribution in [-0.4, -0.2) is 23.4 Å². The first kappa shape index (κ1) is 12.9. The molecule has 1 unspecified atom stereocenters. The minimum atomic E-state index is 0.193. The Morgan fingerprint density at radius 1 is 1.59 bits per heavy atom. The van der Waals surface area contributed by atoms with E-state index in [2.05, 4.69) is 22.9 Å². The number of carbonyl (C=O) groups excluding carboxylic acids is 1. The highest BCUT2D eigenvalue weighted by Gasteiger charge is 2.25. The van der Waals surface area contributed by atoms with Gasteiger partial charge in [-0.1, -0.05) is 23.7 Å². The van der Waals surface area contributed by atoms with Crippen LogP contribution in [0.15, 0.2) is 22.7 Å². The summed E-state index contributed by atoms with van der Waals surface area (Å²) in [5.74, 6) is 0.193. The summed E-state index contributed by atoms with van der Waals surface area (Å²) in [6.45, 7) is 3.00. The predicted octanol–water partition coefficient (Wildman–Crippen LogP) is 3.66. The topological polar surface area (TPSA) is 20.3 Å². The van der Waals surface area contributed by atoms with Gasteiger partial charge in [-0.2, -0.15) is 0 Å². The van der Waals surface area contributed by atoms with Crippen molar-refractivity contribution in [3.05, 3.63) is 33.3 Å². The zero-order valence-corrected chi connectivity index (χ0v) is 12.1. The van der Waals surface area contributed by atoms with Gasteiger partial charge in [-0.3, -0.25) is 4.79 Å². The molecule has 92 valence electrons. The van der Waals surface area contributed by atoms with E-state index in [0.717, 1.165) is 29.4 Å². The Balaban J connectivity index is 2.10. The van der Waals surface area contributed by atoms with Crippen molar-refractivity contribution in [1.82, 2.24) is 4.90 Å². The molecule has 0 aliphatic carbocycles. The summed E-state index contributed by atoms with van der Waals surface area (Å²) < 4.78 is 0.835. The fourth-order valence-electron chi connectivity index (χ4n) is 2.25. The third-order valence-electron chi connectivity index (χ3n) is 3.25. The predicted molar refractivity (Wildman–Crippen MR) is 73.3 cm³/mol. The van der Waals surface area contributed by atoms with Crippen molar-refractivity contribution in [3.8, 4) is 0 Å².